The topological polar surface area (TPSA) is 50.2 Å². The van der Waals surface area contributed by atoms with Gasteiger partial charge in [0.15, 0.2) is 0 Å². The third-order valence-corrected chi connectivity index (χ3v) is 4.48. The molecule has 1 saturated heterocycles. The number of amides is 1. The molecule has 1 aliphatic heterocycles. The van der Waals surface area contributed by atoms with Crippen LogP contribution in [0.1, 0.15) is 44.1 Å². The van der Waals surface area contributed by atoms with E-state index in [1.807, 2.05) is 4.90 Å². The monoisotopic (exact) mass is 306 g/mol. The highest BCUT2D eigenvalue weighted by Crippen LogP contribution is 2.17. The van der Waals surface area contributed by atoms with Gasteiger partial charge in [0.2, 0.25) is 5.91 Å². The van der Waals surface area contributed by atoms with Crippen molar-refractivity contribution in [2.24, 2.45) is 5.92 Å². The van der Waals surface area contributed by atoms with Gasteiger partial charge in [-0.15, -0.1) is 0 Å². The van der Waals surface area contributed by atoms with E-state index in [-0.39, 0.29) is 5.91 Å². The first-order valence-corrected chi connectivity index (χ1v) is 8.43. The van der Waals surface area contributed by atoms with E-state index < -0.39 is 0 Å². The molecule has 22 heavy (non-hydrogen) atoms. The number of hydrogen-bond acceptors (Lipinski definition) is 3. The Morgan fingerprint density at radius 1 is 1.41 bits per heavy atom. The summed E-state index contributed by atoms with van der Waals surface area (Å²) in [4.78, 5) is 14.5. The first kappa shape index (κ1) is 17.0. The van der Waals surface area contributed by atoms with E-state index in [1.165, 1.54) is 11.3 Å². The van der Waals surface area contributed by atoms with Crippen molar-refractivity contribution in [1.29, 1.82) is 0 Å². The normalized spacial score (nSPS) is 19.0. The molecule has 1 aromatic rings. The van der Waals surface area contributed by atoms with Gasteiger partial charge in [-0.25, -0.2) is 0 Å². The third-order valence-electron chi connectivity index (χ3n) is 4.48. The Morgan fingerprint density at radius 3 is 2.77 bits per heavy atom. The summed E-state index contributed by atoms with van der Waals surface area (Å²) in [5.41, 5.74) is 3.53. The Hall–Kier alpha value is -1.36. The first-order chi connectivity index (χ1) is 10.4. The van der Waals surface area contributed by atoms with Crippen LogP contribution in [0.4, 0.5) is 0 Å². The molecule has 0 bridgehead atoms. The van der Waals surface area contributed by atoms with Crippen LogP contribution >= 0.6 is 0 Å². The fraction of sp³-hybridized carbons (Fsp3) is 0.765. The molecule has 0 aromatic carbocycles. The number of carbonyl (C=O) groups excluding carboxylic acids is 1. The summed E-state index contributed by atoms with van der Waals surface area (Å²) in [6, 6.07) is 0.298. The number of nitrogens with one attached hydrogen (secondary N) is 1. The standard InChI is InChI=1S/C17H30N4O/c1-12(2)11-21-15(5)16(14(4)19-21)6-7-17(22)20-9-8-18-10-13(20)3/h12-13,18H,6-11H2,1-5H3/t13-/m1/s1. The van der Waals surface area contributed by atoms with Crippen LogP contribution in [0.3, 0.4) is 0 Å². The van der Waals surface area contributed by atoms with E-state index >= 15 is 0 Å². The quantitative estimate of drug-likeness (QED) is 0.904. The SMILES string of the molecule is Cc1nn(CC(C)C)c(C)c1CCC(=O)N1CCNC[C@H]1C. The van der Waals surface area contributed by atoms with Gasteiger partial charge in [-0.3, -0.25) is 9.48 Å². The molecule has 0 unspecified atom stereocenters. The summed E-state index contributed by atoms with van der Waals surface area (Å²) >= 11 is 0. The van der Waals surface area contributed by atoms with Crippen molar-refractivity contribution in [2.75, 3.05) is 19.6 Å². The summed E-state index contributed by atoms with van der Waals surface area (Å²) < 4.78 is 2.09. The van der Waals surface area contributed by atoms with Crippen LogP contribution in [-0.2, 0) is 17.8 Å². The van der Waals surface area contributed by atoms with E-state index in [0.29, 0.717) is 18.4 Å². The molecule has 1 amide bonds. The van der Waals surface area contributed by atoms with Crippen molar-refractivity contribution in [2.45, 2.75) is 60.0 Å². The number of hydrogen-bond donors (Lipinski definition) is 1. The molecule has 0 aliphatic carbocycles. The summed E-state index contributed by atoms with van der Waals surface area (Å²) in [5.74, 6) is 0.846. The van der Waals surface area contributed by atoms with Crippen molar-refractivity contribution < 1.29 is 4.79 Å². The smallest absolute Gasteiger partial charge is 0.223 e. The molecular weight excluding hydrogens is 276 g/mol. The van der Waals surface area contributed by atoms with Crippen molar-refractivity contribution in [3.05, 3.63) is 17.0 Å². The van der Waals surface area contributed by atoms with Gasteiger partial charge in [-0.1, -0.05) is 13.8 Å². The second-order valence-electron chi connectivity index (χ2n) is 6.87. The van der Waals surface area contributed by atoms with Gasteiger partial charge >= 0.3 is 0 Å². The maximum absolute atomic E-state index is 12.5. The van der Waals surface area contributed by atoms with Crippen molar-refractivity contribution in [3.8, 4) is 0 Å². The number of carbonyl (C=O) groups is 1. The molecule has 0 saturated carbocycles. The predicted molar refractivity (Wildman–Crippen MR) is 88.9 cm³/mol. The van der Waals surface area contributed by atoms with Crippen LogP contribution in [0.2, 0.25) is 0 Å². The van der Waals surface area contributed by atoms with Crippen LogP contribution in [0.25, 0.3) is 0 Å². The fourth-order valence-corrected chi connectivity index (χ4v) is 3.21. The van der Waals surface area contributed by atoms with E-state index in [9.17, 15) is 4.79 Å². The molecule has 1 fully saturated rings. The maximum atomic E-state index is 12.5. The van der Waals surface area contributed by atoms with Gasteiger partial charge in [0.1, 0.15) is 0 Å². The molecule has 2 rings (SSSR count). The van der Waals surface area contributed by atoms with E-state index in [1.54, 1.807) is 0 Å². The molecular formula is C17H30N4O. The lowest BCUT2D eigenvalue weighted by molar-refractivity contribution is -0.133. The van der Waals surface area contributed by atoms with Gasteiger partial charge in [-0.05, 0) is 38.7 Å². The minimum atomic E-state index is 0.268. The zero-order valence-corrected chi connectivity index (χ0v) is 14.6. The Balaban J connectivity index is 1.99. The maximum Gasteiger partial charge on any atom is 0.223 e. The highest BCUT2D eigenvalue weighted by Gasteiger charge is 2.23. The van der Waals surface area contributed by atoms with Crippen LogP contribution in [0.15, 0.2) is 0 Å². The second-order valence-corrected chi connectivity index (χ2v) is 6.87. The number of aryl methyl sites for hydroxylation is 1. The largest absolute Gasteiger partial charge is 0.337 e. The van der Waals surface area contributed by atoms with Gasteiger partial charge in [0, 0.05) is 44.3 Å². The third kappa shape index (κ3) is 3.88. The van der Waals surface area contributed by atoms with Crippen molar-refractivity contribution >= 4 is 5.91 Å². The average Bonchev–Trinajstić information content (AvgIpc) is 2.71. The predicted octanol–water partition coefficient (Wildman–Crippen LogP) is 1.91. The Kier molecular flexibility index (Phi) is 5.62. The highest BCUT2D eigenvalue weighted by molar-refractivity contribution is 5.77. The number of piperazine rings is 1. The molecule has 1 N–H and O–H groups in total. The van der Waals surface area contributed by atoms with E-state index in [2.05, 4.69) is 49.7 Å². The lowest BCUT2D eigenvalue weighted by atomic mass is 10.1. The summed E-state index contributed by atoms with van der Waals surface area (Å²) in [5, 5.41) is 7.96. The summed E-state index contributed by atoms with van der Waals surface area (Å²) in [6.07, 6.45) is 1.38. The van der Waals surface area contributed by atoms with E-state index in [0.717, 1.165) is 38.3 Å². The Bertz CT molecular complexity index is 521. The molecule has 2 heterocycles. The highest BCUT2D eigenvalue weighted by atomic mass is 16.2. The number of rotatable bonds is 5. The Labute approximate surface area is 134 Å². The average molecular weight is 306 g/mol. The molecule has 0 radical (unpaired) electrons. The minimum absolute atomic E-state index is 0.268. The lowest BCUT2D eigenvalue weighted by Crippen LogP contribution is -2.52. The number of nitrogens with zero attached hydrogens (tertiary/aromatic N) is 3. The first-order valence-electron chi connectivity index (χ1n) is 8.43. The van der Waals surface area contributed by atoms with Gasteiger partial charge in [0.05, 0.1) is 5.69 Å². The molecule has 1 atom stereocenters. The van der Waals surface area contributed by atoms with Crippen molar-refractivity contribution in [3.63, 3.8) is 0 Å². The second kappa shape index (κ2) is 7.27. The molecule has 5 heteroatoms. The van der Waals surface area contributed by atoms with Crippen molar-refractivity contribution in [1.82, 2.24) is 20.0 Å². The van der Waals surface area contributed by atoms with Crippen LogP contribution in [0, 0.1) is 19.8 Å². The zero-order chi connectivity index (χ0) is 16.3. The minimum Gasteiger partial charge on any atom is -0.337 e. The van der Waals surface area contributed by atoms with Crippen LogP contribution < -0.4 is 5.32 Å². The lowest BCUT2D eigenvalue weighted by Gasteiger charge is -2.34. The van der Waals surface area contributed by atoms with Gasteiger partial charge in [-0.2, -0.15) is 5.10 Å². The number of aromatic nitrogens is 2. The summed E-state index contributed by atoms with van der Waals surface area (Å²) in [7, 11) is 0. The molecule has 1 aromatic heterocycles. The molecule has 124 valence electrons. The van der Waals surface area contributed by atoms with Crippen LogP contribution in [0.5, 0.6) is 0 Å². The summed E-state index contributed by atoms with van der Waals surface area (Å²) in [6.45, 7) is 14.3. The molecule has 1 aliphatic rings. The fourth-order valence-electron chi connectivity index (χ4n) is 3.21. The molecule has 0 spiro atoms. The van der Waals surface area contributed by atoms with E-state index in [4.69, 9.17) is 0 Å². The molecule has 5 nitrogen and oxygen atoms in total. The van der Waals surface area contributed by atoms with Gasteiger partial charge in [0.25, 0.3) is 0 Å². The zero-order valence-electron chi connectivity index (χ0n) is 14.6. The Morgan fingerprint density at radius 2 is 2.14 bits per heavy atom. The van der Waals surface area contributed by atoms with Crippen LogP contribution in [-0.4, -0.2) is 46.3 Å². The van der Waals surface area contributed by atoms with Gasteiger partial charge < -0.3 is 10.2 Å².